The Bertz CT molecular complexity index is 314. The van der Waals surface area contributed by atoms with Crippen molar-refractivity contribution in [3.63, 3.8) is 0 Å². The van der Waals surface area contributed by atoms with Gasteiger partial charge < -0.3 is 5.11 Å². The highest BCUT2D eigenvalue weighted by Gasteiger charge is 2.28. The molecule has 0 aromatic carbocycles. The third-order valence-electron chi connectivity index (χ3n) is 4.33. The van der Waals surface area contributed by atoms with Gasteiger partial charge in [0.2, 0.25) is 0 Å². The quantitative estimate of drug-likeness (QED) is 0.805. The Morgan fingerprint density at radius 1 is 1.35 bits per heavy atom. The summed E-state index contributed by atoms with van der Waals surface area (Å²) in [5, 5.41) is 14.9. The van der Waals surface area contributed by atoms with E-state index in [0.717, 1.165) is 24.3 Å². The van der Waals surface area contributed by atoms with Crippen molar-refractivity contribution >= 4 is 11.3 Å². The van der Waals surface area contributed by atoms with E-state index >= 15 is 0 Å². The molecule has 2 heteroatoms. The Hall–Kier alpha value is -0.340. The van der Waals surface area contributed by atoms with Gasteiger partial charge in [-0.1, -0.05) is 39.0 Å². The largest absolute Gasteiger partial charge is 0.385 e. The fraction of sp³-hybridized carbons (Fsp3) is 0.733. The summed E-state index contributed by atoms with van der Waals surface area (Å²) < 4.78 is 0. The summed E-state index contributed by atoms with van der Waals surface area (Å²) in [6, 6.07) is 2.08. The highest BCUT2D eigenvalue weighted by molar-refractivity contribution is 7.08. The molecular formula is C15H24OS. The van der Waals surface area contributed by atoms with Crippen LogP contribution in [0.4, 0.5) is 0 Å². The van der Waals surface area contributed by atoms with Crippen LogP contribution in [0.5, 0.6) is 0 Å². The van der Waals surface area contributed by atoms with Crippen LogP contribution in [0.2, 0.25) is 0 Å². The maximum atomic E-state index is 10.7. The molecule has 0 radical (unpaired) electrons. The van der Waals surface area contributed by atoms with E-state index in [2.05, 4.69) is 23.8 Å². The number of hydrogen-bond donors (Lipinski definition) is 1. The molecule has 1 unspecified atom stereocenters. The van der Waals surface area contributed by atoms with Crippen LogP contribution in [0, 0.1) is 5.92 Å². The van der Waals surface area contributed by atoms with Crippen LogP contribution >= 0.6 is 11.3 Å². The van der Waals surface area contributed by atoms with Crippen molar-refractivity contribution in [2.75, 3.05) is 0 Å². The smallest absolute Gasteiger partial charge is 0.0902 e. The van der Waals surface area contributed by atoms with Crippen molar-refractivity contribution in [1.82, 2.24) is 0 Å². The summed E-state index contributed by atoms with van der Waals surface area (Å²) >= 11 is 1.68. The zero-order chi connectivity index (χ0) is 12.1. The summed E-state index contributed by atoms with van der Waals surface area (Å²) in [7, 11) is 0. The topological polar surface area (TPSA) is 20.2 Å². The molecule has 17 heavy (non-hydrogen) atoms. The van der Waals surface area contributed by atoms with Gasteiger partial charge in [0.1, 0.15) is 0 Å². The zero-order valence-corrected chi connectivity index (χ0v) is 11.6. The molecule has 0 spiro atoms. The first-order chi connectivity index (χ1) is 8.24. The maximum absolute atomic E-state index is 10.7. The molecule has 1 aromatic heterocycles. The monoisotopic (exact) mass is 252 g/mol. The number of thiophene rings is 1. The van der Waals surface area contributed by atoms with Crippen LogP contribution in [0.1, 0.15) is 63.9 Å². The van der Waals surface area contributed by atoms with Crippen molar-refractivity contribution in [2.45, 2.75) is 63.9 Å². The molecule has 0 bridgehead atoms. The second-order valence-electron chi connectivity index (χ2n) is 5.44. The molecule has 96 valence electrons. The lowest BCUT2D eigenvalue weighted by Gasteiger charge is -2.29. The first-order valence-electron chi connectivity index (χ1n) is 6.99. The molecule has 2 rings (SSSR count). The summed E-state index contributed by atoms with van der Waals surface area (Å²) in [5.41, 5.74) is 0.554. The van der Waals surface area contributed by atoms with Gasteiger partial charge in [-0.2, -0.15) is 11.3 Å². The maximum Gasteiger partial charge on any atom is 0.0902 e. The summed E-state index contributed by atoms with van der Waals surface area (Å²) in [6.45, 7) is 2.10. The van der Waals surface area contributed by atoms with E-state index in [1.807, 2.05) is 0 Å². The van der Waals surface area contributed by atoms with E-state index in [1.165, 1.54) is 38.5 Å². The fourth-order valence-corrected chi connectivity index (χ4v) is 3.72. The summed E-state index contributed by atoms with van der Waals surface area (Å²) in [4.78, 5) is 0. The van der Waals surface area contributed by atoms with Crippen molar-refractivity contribution in [3.8, 4) is 0 Å². The number of rotatable bonds is 5. The molecule has 1 aliphatic rings. The highest BCUT2D eigenvalue weighted by Crippen LogP contribution is 2.36. The van der Waals surface area contributed by atoms with Gasteiger partial charge in [0.25, 0.3) is 0 Å². The minimum atomic E-state index is -0.572. The lowest BCUT2D eigenvalue weighted by Crippen LogP contribution is -2.25. The molecule has 0 saturated heterocycles. The lowest BCUT2D eigenvalue weighted by molar-refractivity contribution is 0.0158. The van der Waals surface area contributed by atoms with Gasteiger partial charge in [0, 0.05) is 0 Å². The van der Waals surface area contributed by atoms with E-state index in [1.54, 1.807) is 11.3 Å². The number of aliphatic hydroxyl groups is 1. The van der Waals surface area contributed by atoms with E-state index in [-0.39, 0.29) is 0 Å². The van der Waals surface area contributed by atoms with Gasteiger partial charge in [0.05, 0.1) is 5.60 Å². The van der Waals surface area contributed by atoms with Gasteiger partial charge in [-0.3, -0.25) is 0 Å². The minimum absolute atomic E-state index is 0.572. The van der Waals surface area contributed by atoms with Gasteiger partial charge in [-0.15, -0.1) is 0 Å². The molecule has 1 nitrogen and oxygen atoms in total. The van der Waals surface area contributed by atoms with Crippen LogP contribution in [0.3, 0.4) is 0 Å². The van der Waals surface area contributed by atoms with Crippen molar-refractivity contribution in [3.05, 3.63) is 22.4 Å². The van der Waals surface area contributed by atoms with Crippen LogP contribution in [-0.4, -0.2) is 5.11 Å². The second-order valence-corrected chi connectivity index (χ2v) is 6.22. The van der Waals surface area contributed by atoms with Crippen LogP contribution < -0.4 is 0 Å². The van der Waals surface area contributed by atoms with E-state index in [9.17, 15) is 5.11 Å². The Kier molecular flexibility index (Phi) is 4.63. The second kappa shape index (κ2) is 6.01. The van der Waals surface area contributed by atoms with Crippen molar-refractivity contribution in [2.24, 2.45) is 5.92 Å². The lowest BCUT2D eigenvalue weighted by atomic mass is 9.80. The molecule has 1 atom stereocenters. The Labute approximate surface area is 109 Å². The molecule has 0 aliphatic heterocycles. The molecule has 1 aliphatic carbocycles. The average Bonchev–Trinajstić information content (AvgIpc) is 2.92. The molecule has 1 heterocycles. The zero-order valence-electron chi connectivity index (χ0n) is 10.8. The van der Waals surface area contributed by atoms with Gasteiger partial charge in [-0.25, -0.2) is 0 Å². The standard InChI is InChI=1S/C15H24OS/c1-2-15(16,14-9-11-17-12-14)10-8-13-6-4-3-5-7-13/h9,11-13,16H,2-8,10H2,1H3. The predicted molar refractivity (Wildman–Crippen MR) is 74.3 cm³/mol. The minimum Gasteiger partial charge on any atom is -0.385 e. The Balaban J connectivity index is 1.90. The van der Waals surface area contributed by atoms with Gasteiger partial charge in [0.15, 0.2) is 0 Å². The fourth-order valence-electron chi connectivity index (χ4n) is 2.97. The van der Waals surface area contributed by atoms with Crippen molar-refractivity contribution < 1.29 is 5.11 Å². The van der Waals surface area contributed by atoms with Crippen molar-refractivity contribution in [1.29, 1.82) is 0 Å². The first-order valence-corrected chi connectivity index (χ1v) is 7.94. The van der Waals surface area contributed by atoms with E-state index in [0.29, 0.717) is 0 Å². The molecule has 1 saturated carbocycles. The van der Waals surface area contributed by atoms with Crippen LogP contribution in [-0.2, 0) is 5.60 Å². The third kappa shape index (κ3) is 3.32. The predicted octanol–water partition coefficient (Wildman–Crippen LogP) is 4.71. The molecule has 0 amide bonds. The van der Waals surface area contributed by atoms with Crippen LogP contribution in [0.15, 0.2) is 16.8 Å². The molecular weight excluding hydrogens is 228 g/mol. The SMILES string of the molecule is CCC(O)(CCC1CCCCC1)c1ccsc1. The summed E-state index contributed by atoms with van der Waals surface area (Å²) in [6.07, 6.45) is 9.93. The summed E-state index contributed by atoms with van der Waals surface area (Å²) in [5.74, 6) is 0.862. The van der Waals surface area contributed by atoms with Crippen LogP contribution in [0.25, 0.3) is 0 Å². The normalized spacial score (nSPS) is 21.3. The molecule has 1 fully saturated rings. The average molecular weight is 252 g/mol. The van der Waals surface area contributed by atoms with E-state index < -0.39 is 5.60 Å². The third-order valence-corrected chi connectivity index (χ3v) is 5.02. The van der Waals surface area contributed by atoms with Gasteiger partial charge in [-0.05, 0) is 47.6 Å². The van der Waals surface area contributed by atoms with Gasteiger partial charge >= 0.3 is 0 Å². The first kappa shape index (κ1) is 13.1. The number of hydrogen-bond acceptors (Lipinski definition) is 2. The Morgan fingerprint density at radius 2 is 2.12 bits per heavy atom. The Morgan fingerprint density at radius 3 is 2.71 bits per heavy atom. The van der Waals surface area contributed by atoms with E-state index in [4.69, 9.17) is 0 Å². The highest BCUT2D eigenvalue weighted by atomic mass is 32.1. The molecule has 1 aromatic rings. The molecule has 1 N–H and O–H groups in total.